The average Bonchev–Trinajstić information content (AvgIpc) is 2.91. The fourth-order valence-electron chi connectivity index (χ4n) is 2.13. The summed E-state index contributed by atoms with van der Waals surface area (Å²) in [5, 5.41) is 34.7. The predicted molar refractivity (Wildman–Crippen MR) is 76.3 cm³/mol. The van der Waals surface area contributed by atoms with Gasteiger partial charge in [-0.15, -0.1) is 5.10 Å². The first-order chi connectivity index (χ1) is 10.7. The summed E-state index contributed by atoms with van der Waals surface area (Å²) in [6, 6.07) is 3.43. The molecule has 0 saturated heterocycles. The van der Waals surface area contributed by atoms with Crippen molar-refractivity contribution in [1.29, 1.82) is 0 Å². The topological polar surface area (TPSA) is 143 Å². The van der Waals surface area contributed by atoms with Gasteiger partial charge in [0, 0.05) is 0 Å². The highest BCUT2D eigenvalue weighted by atomic mass is 16.4. The molecule has 0 amide bonds. The van der Waals surface area contributed by atoms with Crippen LogP contribution in [0.3, 0.4) is 0 Å². The SMILES string of the molecule is CC(C)c1c(C(=O)O)nnn1-c1cc(C(=O)O)cc(C(=O)O)c1. The van der Waals surface area contributed by atoms with Crippen molar-refractivity contribution in [2.75, 3.05) is 0 Å². The molecule has 0 saturated carbocycles. The lowest BCUT2D eigenvalue weighted by molar-refractivity contribution is 0.0677. The van der Waals surface area contributed by atoms with E-state index in [-0.39, 0.29) is 34.1 Å². The molecule has 0 unspecified atom stereocenters. The maximum absolute atomic E-state index is 11.2. The van der Waals surface area contributed by atoms with E-state index >= 15 is 0 Å². The molecule has 0 spiro atoms. The zero-order chi connectivity index (χ0) is 17.3. The van der Waals surface area contributed by atoms with Crippen molar-refractivity contribution in [1.82, 2.24) is 15.0 Å². The molecule has 0 bridgehead atoms. The first kappa shape index (κ1) is 16.1. The van der Waals surface area contributed by atoms with Gasteiger partial charge in [0.05, 0.1) is 22.5 Å². The minimum atomic E-state index is -1.31. The second-order valence-corrected chi connectivity index (χ2v) is 5.07. The quantitative estimate of drug-likeness (QED) is 0.752. The van der Waals surface area contributed by atoms with Gasteiger partial charge in [0.15, 0.2) is 5.69 Å². The Hall–Kier alpha value is -3.23. The summed E-state index contributed by atoms with van der Waals surface area (Å²) in [5.41, 5.74) is -0.399. The fraction of sp³-hybridized carbons (Fsp3) is 0.214. The van der Waals surface area contributed by atoms with Gasteiger partial charge in [-0.25, -0.2) is 19.1 Å². The highest BCUT2D eigenvalue weighted by Gasteiger charge is 2.23. The molecule has 1 heterocycles. The summed E-state index contributed by atoms with van der Waals surface area (Å²) < 4.78 is 1.15. The number of rotatable bonds is 5. The monoisotopic (exact) mass is 319 g/mol. The zero-order valence-corrected chi connectivity index (χ0v) is 12.2. The predicted octanol–water partition coefficient (Wildman–Crippen LogP) is 1.49. The molecule has 23 heavy (non-hydrogen) atoms. The van der Waals surface area contributed by atoms with Gasteiger partial charge in [-0.05, 0) is 24.1 Å². The number of aromatic carboxylic acids is 3. The third kappa shape index (κ3) is 3.03. The highest BCUT2D eigenvalue weighted by molar-refractivity contribution is 5.95. The number of benzene rings is 1. The number of carbonyl (C=O) groups is 3. The van der Waals surface area contributed by atoms with Gasteiger partial charge in [-0.2, -0.15) is 0 Å². The first-order valence-electron chi connectivity index (χ1n) is 6.53. The van der Waals surface area contributed by atoms with Crippen molar-refractivity contribution in [3.8, 4) is 5.69 Å². The molecule has 2 rings (SSSR count). The van der Waals surface area contributed by atoms with E-state index in [1.54, 1.807) is 13.8 Å². The summed E-state index contributed by atoms with van der Waals surface area (Å²) in [6.45, 7) is 3.45. The van der Waals surface area contributed by atoms with E-state index in [9.17, 15) is 14.4 Å². The van der Waals surface area contributed by atoms with Gasteiger partial charge in [-0.1, -0.05) is 19.1 Å². The molecule has 0 aliphatic carbocycles. The van der Waals surface area contributed by atoms with Crippen molar-refractivity contribution >= 4 is 17.9 Å². The van der Waals surface area contributed by atoms with Crippen LogP contribution in [0.5, 0.6) is 0 Å². The van der Waals surface area contributed by atoms with Gasteiger partial charge in [-0.3, -0.25) is 0 Å². The number of hydrogen-bond acceptors (Lipinski definition) is 5. The maximum atomic E-state index is 11.2. The van der Waals surface area contributed by atoms with E-state index in [4.69, 9.17) is 15.3 Å². The Morgan fingerprint density at radius 2 is 1.48 bits per heavy atom. The van der Waals surface area contributed by atoms with Crippen molar-refractivity contribution in [2.24, 2.45) is 0 Å². The molecule has 0 aliphatic rings. The molecule has 9 nitrogen and oxygen atoms in total. The van der Waals surface area contributed by atoms with Crippen LogP contribution >= 0.6 is 0 Å². The fourth-order valence-corrected chi connectivity index (χ4v) is 2.13. The minimum absolute atomic E-state index is 0.117. The molecule has 0 aliphatic heterocycles. The molecular weight excluding hydrogens is 306 g/mol. The van der Waals surface area contributed by atoms with Gasteiger partial charge in [0.1, 0.15) is 0 Å². The van der Waals surface area contributed by atoms with E-state index in [0.717, 1.165) is 10.7 Å². The Kier molecular flexibility index (Phi) is 4.12. The Balaban J connectivity index is 2.74. The lowest BCUT2D eigenvalue weighted by Gasteiger charge is -2.11. The van der Waals surface area contributed by atoms with Gasteiger partial charge >= 0.3 is 17.9 Å². The largest absolute Gasteiger partial charge is 0.478 e. The Morgan fingerprint density at radius 1 is 0.957 bits per heavy atom. The third-order valence-corrected chi connectivity index (χ3v) is 3.11. The van der Waals surface area contributed by atoms with Crippen LogP contribution in [0.25, 0.3) is 5.69 Å². The molecule has 9 heteroatoms. The number of nitrogens with zero attached hydrogens (tertiary/aromatic N) is 3. The van der Waals surface area contributed by atoms with Crippen LogP contribution in [0.15, 0.2) is 18.2 Å². The normalized spacial score (nSPS) is 10.7. The standard InChI is InChI=1S/C14H13N3O6/c1-6(2)11-10(14(22)23)15-16-17(11)9-4-7(12(18)19)3-8(5-9)13(20)21/h3-6H,1-2H3,(H,18,19)(H,20,21)(H,22,23). The molecule has 3 N–H and O–H groups in total. The van der Waals surface area contributed by atoms with Crippen molar-refractivity contribution in [3.63, 3.8) is 0 Å². The van der Waals surface area contributed by atoms with Gasteiger partial charge < -0.3 is 15.3 Å². The summed E-state index contributed by atoms with van der Waals surface area (Å²) in [6.07, 6.45) is 0. The van der Waals surface area contributed by atoms with Crippen LogP contribution in [0.2, 0.25) is 0 Å². The summed E-state index contributed by atoms with van der Waals surface area (Å²) in [5.74, 6) is -4.16. The number of carboxylic acids is 3. The molecule has 0 fully saturated rings. The Morgan fingerprint density at radius 3 is 1.87 bits per heavy atom. The zero-order valence-electron chi connectivity index (χ0n) is 12.2. The molecule has 1 aromatic heterocycles. The van der Waals surface area contributed by atoms with Crippen LogP contribution < -0.4 is 0 Å². The summed E-state index contributed by atoms with van der Waals surface area (Å²) in [7, 11) is 0. The summed E-state index contributed by atoms with van der Waals surface area (Å²) in [4.78, 5) is 33.5. The lowest BCUT2D eigenvalue weighted by Crippen LogP contribution is -2.11. The molecule has 0 atom stereocenters. The van der Waals surface area contributed by atoms with Crippen molar-refractivity contribution < 1.29 is 29.7 Å². The molecule has 120 valence electrons. The molecule has 1 aromatic carbocycles. The van der Waals surface area contributed by atoms with Crippen LogP contribution in [-0.4, -0.2) is 48.2 Å². The van der Waals surface area contributed by atoms with E-state index in [2.05, 4.69) is 10.3 Å². The van der Waals surface area contributed by atoms with Crippen LogP contribution in [-0.2, 0) is 0 Å². The van der Waals surface area contributed by atoms with Gasteiger partial charge in [0.25, 0.3) is 0 Å². The van der Waals surface area contributed by atoms with Crippen molar-refractivity contribution in [2.45, 2.75) is 19.8 Å². The molecular formula is C14H13N3O6. The molecule has 2 aromatic rings. The minimum Gasteiger partial charge on any atom is -0.478 e. The highest BCUT2D eigenvalue weighted by Crippen LogP contribution is 2.23. The van der Waals surface area contributed by atoms with Gasteiger partial charge in [0.2, 0.25) is 0 Å². The van der Waals surface area contributed by atoms with Crippen molar-refractivity contribution in [3.05, 3.63) is 40.7 Å². The number of carboxylic acid groups (broad SMARTS) is 3. The van der Waals surface area contributed by atoms with E-state index < -0.39 is 17.9 Å². The molecule has 0 radical (unpaired) electrons. The summed E-state index contributed by atoms with van der Waals surface area (Å²) >= 11 is 0. The lowest BCUT2D eigenvalue weighted by atomic mass is 10.1. The Labute approximate surface area is 129 Å². The average molecular weight is 319 g/mol. The first-order valence-corrected chi connectivity index (χ1v) is 6.53. The smallest absolute Gasteiger partial charge is 0.358 e. The van der Waals surface area contributed by atoms with E-state index in [0.29, 0.717) is 0 Å². The number of hydrogen-bond donors (Lipinski definition) is 3. The second kappa shape index (κ2) is 5.87. The second-order valence-electron chi connectivity index (χ2n) is 5.07. The Bertz CT molecular complexity index is 777. The number of aromatic nitrogens is 3. The van der Waals surface area contributed by atoms with E-state index in [1.165, 1.54) is 12.1 Å². The van der Waals surface area contributed by atoms with Crippen LogP contribution in [0.4, 0.5) is 0 Å². The van der Waals surface area contributed by atoms with Crippen LogP contribution in [0.1, 0.15) is 56.7 Å². The maximum Gasteiger partial charge on any atom is 0.358 e. The van der Waals surface area contributed by atoms with E-state index in [1.807, 2.05) is 0 Å². The third-order valence-electron chi connectivity index (χ3n) is 3.11. The van der Waals surface area contributed by atoms with Crippen LogP contribution in [0, 0.1) is 0 Å².